The Kier molecular flexibility index (Phi) is 3.37. The lowest BCUT2D eigenvalue weighted by molar-refractivity contribution is -0.131. The van der Waals surface area contributed by atoms with E-state index in [0.29, 0.717) is 11.1 Å². The van der Waals surface area contributed by atoms with Crippen molar-refractivity contribution in [3.63, 3.8) is 0 Å². The summed E-state index contributed by atoms with van der Waals surface area (Å²) < 4.78 is 10.2. The van der Waals surface area contributed by atoms with Gasteiger partial charge in [0.1, 0.15) is 11.5 Å². The largest absolute Gasteiger partial charge is 0.497 e. The molecule has 0 spiro atoms. The Balaban J connectivity index is 2.81. The van der Waals surface area contributed by atoms with Crippen LogP contribution in [0, 0.1) is 0 Å². The summed E-state index contributed by atoms with van der Waals surface area (Å²) in [6.45, 7) is 0. The zero-order valence-corrected chi connectivity index (χ0v) is 10.5. The van der Waals surface area contributed by atoms with Crippen LogP contribution in [0.2, 0.25) is 0 Å². The Bertz CT molecular complexity index is 655. The zero-order valence-electron chi connectivity index (χ0n) is 10.5. The lowest BCUT2D eigenvalue weighted by Crippen LogP contribution is -2.14. The van der Waals surface area contributed by atoms with Crippen molar-refractivity contribution in [1.82, 2.24) is 0 Å². The second kappa shape index (κ2) is 4.97. The molecule has 0 fully saturated rings. The molecule has 2 rings (SSSR count). The van der Waals surface area contributed by atoms with E-state index in [2.05, 4.69) is 0 Å². The van der Waals surface area contributed by atoms with E-state index in [-0.39, 0.29) is 11.3 Å². The molecular weight excluding hydrogens is 248 g/mol. The van der Waals surface area contributed by atoms with Gasteiger partial charge in [-0.15, -0.1) is 0 Å². The summed E-state index contributed by atoms with van der Waals surface area (Å²) in [5, 5.41) is 10.1. The molecule has 5 nitrogen and oxygen atoms in total. The first-order chi connectivity index (χ1) is 9.08. The van der Waals surface area contributed by atoms with E-state index in [1.807, 2.05) is 0 Å². The van der Waals surface area contributed by atoms with Gasteiger partial charge in [0.15, 0.2) is 0 Å². The molecule has 0 aliphatic rings. The molecule has 0 heterocycles. The smallest absolute Gasteiger partial charge is 0.377 e. The normalized spacial score (nSPS) is 10.2. The predicted octanol–water partition coefficient (Wildman–Crippen LogP) is 2.12. The number of carbonyl (C=O) groups excluding carboxylic acids is 1. The van der Waals surface area contributed by atoms with E-state index >= 15 is 0 Å². The van der Waals surface area contributed by atoms with Crippen LogP contribution in [0.5, 0.6) is 11.5 Å². The maximum Gasteiger partial charge on any atom is 0.377 e. The number of rotatable bonds is 4. The molecule has 5 heteroatoms. The average Bonchev–Trinajstić information content (AvgIpc) is 2.44. The predicted molar refractivity (Wildman–Crippen MR) is 69.0 cm³/mol. The van der Waals surface area contributed by atoms with Crippen molar-refractivity contribution in [2.45, 2.75) is 0 Å². The Hall–Kier alpha value is -2.56. The Labute approximate surface area is 109 Å². The number of methoxy groups -OCH3 is 2. The van der Waals surface area contributed by atoms with Crippen LogP contribution in [-0.4, -0.2) is 31.1 Å². The molecule has 0 aromatic heterocycles. The summed E-state index contributed by atoms with van der Waals surface area (Å²) in [5.74, 6) is -1.75. The van der Waals surface area contributed by atoms with E-state index in [9.17, 15) is 9.59 Å². The summed E-state index contributed by atoms with van der Waals surface area (Å²) in [5.41, 5.74) is 0.0337. The van der Waals surface area contributed by atoms with E-state index in [1.54, 1.807) is 30.3 Å². The highest BCUT2D eigenvalue weighted by Crippen LogP contribution is 2.31. The molecule has 19 heavy (non-hydrogen) atoms. The third-order valence-electron chi connectivity index (χ3n) is 2.83. The van der Waals surface area contributed by atoms with Crippen LogP contribution < -0.4 is 9.47 Å². The summed E-state index contributed by atoms with van der Waals surface area (Å²) in [6.07, 6.45) is 0. The molecule has 0 saturated heterocycles. The maximum absolute atomic E-state index is 11.8. The van der Waals surface area contributed by atoms with Crippen LogP contribution in [-0.2, 0) is 4.79 Å². The van der Waals surface area contributed by atoms with Gasteiger partial charge in [0.25, 0.3) is 5.78 Å². The highest BCUT2D eigenvalue weighted by Gasteiger charge is 2.22. The topological polar surface area (TPSA) is 72.8 Å². The minimum Gasteiger partial charge on any atom is -0.497 e. The lowest BCUT2D eigenvalue weighted by atomic mass is 10.00. The fraction of sp³-hybridized carbons (Fsp3) is 0.143. The number of aliphatic carboxylic acids is 1. The minimum absolute atomic E-state index is 0.0337. The first-order valence-electron chi connectivity index (χ1n) is 5.51. The van der Waals surface area contributed by atoms with Crippen LogP contribution in [0.3, 0.4) is 0 Å². The monoisotopic (exact) mass is 260 g/mol. The van der Waals surface area contributed by atoms with Gasteiger partial charge in [-0.3, -0.25) is 4.79 Å². The van der Waals surface area contributed by atoms with Gasteiger partial charge in [-0.05, 0) is 23.6 Å². The van der Waals surface area contributed by atoms with E-state index in [0.717, 1.165) is 5.39 Å². The van der Waals surface area contributed by atoms with Gasteiger partial charge in [-0.1, -0.05) is 12.1 Å². The molecule has 0 bridgehead atoms. The Morgan fingerprint density at radius 3 is 2.32 bits per heavy atom. The third kappa shape index (κ3) is 2.22. The minimum atomic E-state index is -1.52. The number of ether oxygens (including phenoxy) is 2. The third-order valence-corrected chi connectivity index (χ3v) is 2.83. The number of Topliss-reactive ketones (excluding diaryl/α,β-unsaturated/α-hetero) is 1. The standard InChI is InChI=1S/C14H12O5/c1-18-9-5-3-8-4-6-11(19-2)12(10(8)7-9)13(15)14(16)17/h3-7H,1-2H3,(H,16,17). The number of hydrogen-bond acceptors (Lipinski definition) is 4. The van der Waals surface area contributed by atoms with Crippen molar-refractivity contribution in [1.29, 1.82) is 0 Å². The van der Waals surface area contributed by atoms with Crippen LogP contribution in [0.15, 0.2) is 30.3 Å². The van der Waals surface area contributed by atoms with Crippen molar-refractivity contribution in [2.75, 3.05) is 14.2 Å². The molecule has 0 saturated carbocycles. The zero-order chi connectivity index (χ0) is 14.0. The van der Waals surface area contributed by atoms with Crippen molar-refractivity contribution >= 4 is 22.5 Å². The van der Waals surface area contributed by atoms with Crippen molar-refractivity contribution < 1.29 is 24.2 Å². The number of carboxylic acids is 1. The summed E-state index contributed by atoms with van der Waals surface area (Å²) >= 11 is 0. The molecule has 2 aromatic carbocycles. The van der Waals surface area contributed by atoms with E-state index in [1.165, 1.54) is 14.2 Å². The molecule has 0 radical (unpaired) electrons. The second-order valence-corrected chi connectivity index (χ2v) is 3.86. The van der Waals surface area contributed by atoms with Crippen LogP contribution in [0.4, 0.5) is 0 Å². The van der Waals surface area contributed by atoms with Crippen LogP contribution in [0.25, 0.3) is 10.8 Å². The fourth-order valence-corrected chi connectivity index (χ4v) is 1.92. The number of benzene rings is 2. The van der Waals surface area contributed by atoms with Gasteiger partial charge in [0.2, 0.25) is 0 Å². The molecule has 2 aromatic rings. The SMILES string of the molecule is COc1ccc2ccc(OC)c(C(=O)C(=O)O)c2c1. The summed E-state index contributed by atoms with van der Waals surface area (Å²) in [7, 11) is 2.89. The van der Waals surface area contributed by atoms with Crippen LogP contribution >= 0.6 is 0 Å². The molecule has 0 aliphatic carbocycles. The molecule has 0 aliphatic heterocycles. The molecule has 0 atom stereocenters. The second-order valence-electron chi connectivity index (χ2n) is 3.86. The maximum atomic E-state index is 11.8. The first kappa shape index (κ1) is 12.9. The molecule has 1 N–H and O–H groups in total. The summed E-state index contributed by atoms with van der Waals surface area (Å²) in [6, 6.07) is 8.45. The highest BCUT2D eigenvalue weighted by atomic mass is 16.5. The van der Waals surface area contributed by atoms with Gasteiger partial charge in [-0.2, -0.15) is 0 Å². The van der Waals surface area contributed by atoms with Crippen molar-refractivity contribution in [3.8, 4) is 11.5 Å². The molecular formula is C14H12O5. The number of carbonyl (C=O) groups is 2. The van der Waals surface area contributed by atoms with Crippen molar-refractivity contribution in [2.24, 2.45) is 0 Å². The van der Waals surface area contributed by atoms with Gasteiger partial charge < -0.3 is 14.6 Å². The van der Waals surface area contributed by atoms with Gasteiger partial charge in [-0.25, -0.2) is 4.79 Å². The van der Waals surface area contributed by atoms with Gasteiger partial charge in [0.05, 0.1) is 19.8 Å². The highest BCUT2D eigenvalue weighted by molar-refractivity contribution is 6.43. The number of carboxylic acid groups (broad SMARTS) is 1. The lowest BCUT2D eigenvalue weighted by Gasteiger charge is -2.10. The van der Waals surface area contributed by atoms with Crippen molar-refractivity contribution in [3.05, 3.63) is 35.9 Å². The quantitative estimate of drug-likeness (QED) is 0.673. The Morgan fingerprint density at radius 1 is 1.05 bits per heavy atom. The number of hydrogen-bond donors (Lipinski definition) is 1. The average molecular weight is 260 g/mol. The molecule has 98 valence electrons. The van der Waals surface area contributed by atoms with E-state index in [4.69, 9.17) is 14.6 Å². The number of ketones is 1. The van der Waals surface area contributed by atoms with Gasteiger partial charge >= 0.3 is 5.97 Å². The first-order valence-corrected chi connectivity index (χ1v) is 5.51. The van der Waals surface area contributed by atoms with Crippen LogP contribution in [0.1, 0.15) is 10.4 Å². The van der Waals surface area contributed by atoms with E-state index < -0.39 is 11.8 Å². The summed E-state index contributed by atoms with van der Waals surface area (Å²) in [4.78, 5) is 22.7. The fourth-order valence-electron chi connectivity index (χ4n) is 1.92. The van der Waals surface area contributed by atoms with Gasteiger partial charge in [0, 0.05) is 5.39 Å². The molecule has 0 amide bonds. The molecule has 0 unspecified atom stereocenters. The Morgan fingerprint density at radius 2 is 1.74 bits per heavy atom. The number of fused-ring (bicyclic) bond motifs is 1.